The third-order valence-electron chi connectivity index (χ3n) is 6.59. The number of anilines is 1. The van der Waals surface area contributed by atoms with E-state index in [0.29, 0.717) is 18.0 Å². The Morgan fingerprint density at radius 1 is 1.03 bits per heavy atom. The molecular weight excluding hydrogens is 422 g/mol. The van der Waals surface area contributed by atoms with E-state index >= 15 is 0 Å². The molecule has 172 valence electrons. The van der Waals surface area contributed by atoms with E-state index in [2.05, 4.69) is 43.1 Å². The van der Waals surface area contributed by atoms with Crippen molar-refractivity contribution in [3.8, 4) is 0 Å². The number of nitrogens with zero attached hydrogens (tertiary/aromatic N) is 2. The summed E-state index contributed by atoms with van der Waals surface area (Å²) in [6.07, 6.45) is 1.24. The third kappa shape index (κ3) is 5.01. The molecule has 2 aromatic carbocycles. The molecule has 1 saturated heterocycles. The van der Waals surface area contributed by atoms with Crippen LogP contribution in [-0.2, 0) is 21.4 Å². The SMILES string of the molecule is CC1CN(CCNCCN2C(=O)C(C)(Cc3ccc(Cl)cc3)c3ccccc32)CC(C)O1. The van der Waals surface area contributed by atoms with E-state index in [4.69, 9.17) is 16.3 Å². The number of morpholine rings is 1. The van der Waals surface area contributed by atoms with E-state index in [1.165, 1.54) is 0 Å². The molecule has 5 nitrogen and oxygen atoms in total. The van der Waals surface area contributed by atoms with Crippen LogP contribution in [0.2, 0.25) is 5.02 Å². The number of halogens is 1. The van der Waals surface area contributed by atoms with Crippen LogP contribution < -0.4 is 10.2 Å². The Balaban J connectivity index is 1.36. The smallest absolute Gasteiger partial charge is 0.237 e. The lowest BCUT2D eigenvalue weighted by Gasteiger charge is -2.35. The molecule has 0 spiro atoms. The van der Waals surface area contributed by atoms with Crippen molar-refractivity contribution in [1.29, 1.82) is 0 Å². The number of carbonyl (C=O) groups excluding carboxylic acids is 1. The minimum atomic E-state index is -0.565. The predicted octanol–water partition coefficient (Wildman–Crippen LogP) is 3.89. The molecule has 2 aliphatic rings. The molecule has 0 aromatic heterocycles. The molecule has 1 amide bonds. The Bertz CT molecular complexity index is 925. The molecule has 32 heavy (non-hydrogen) atoms. The number of amides is 1. The van der Waals surface area contributed by atoms with E-state index < -0.39 is 5.41 Å². The molecule has 1 N–H and O–H groups in total. The van der Waals surface area contributed by atoms with Crippen LogP contribution in [0.25, 0.3) is 0 Å². The molecule has 2 aliphatic heterocycles. The number of para-hydroxylation sites is 1. The van der Waals surface area contributed by atoms with Gasteiger partial charge in [-0.1, -0.05) is 41.9 Å². The molecule has 0 aliphatic carbocycles. The first kappa shape index (κ1) is 23.2. The van der Waals surface area contributed by atoms with E-state index in [9.17, 15) is 4.79 Å². The number of nitrogens with one attached hydrogen (secondary N) is 1. The van der Waals surface area contributed by atoms with Crippen molar-refractivity contribution in [3.63, 3.8) is 0 Å². The minimum Gasteiger partial charge on any atom is -0.373 e. The number of benzene rings is 2. The normalized spacial score (nSPS) is 25.9. The van der Waals surface area contributed by atoms with Gasteiger partial charge >= 0.3 is 0 Å². The molecule has 4 rings (SSSR count). The van der Waals surface area contributed by atoms with E-state index in [1.54, 1.807) is 0 Å². The molecule has 2 heterocycles. The van der Waals surface area contributed by atoms with Gasteiger partial charge in [0, 0.05) is 50.0 Å². The van der Waals surface area contributed by atoms with Crippen molar-refractivity contribution in [2.75, 3.05) is 44.2 Å². The van der Waals surface area contributed by atoms with Gasteiger partial charge in [-0.2, -0.15) is 0 Å². The summed E-state index contributed by atoms with van der Waals surface area (Å²) in [7, 11) is 0. The van der Waals surface area contributed by atoms with Gasteiger partial charge in [-0.15, -0.1) is 0 Å². The summed E-state index contributed by atoms with van der Waals surface area (Å²) in [5.41, 5.74) is 2.70. The highest BCUT2D eigenvalue weighted by molar-refractivity contribution is 6.30. The monoisotopic (exact) mass is 455 g/mol. The van der Waals surface area contributed by atoms with Gasteiger partial charge in [0.25, 0.3) is 0 Å². The van der Waals surface area contributed by atoms with Gasteiger partial charge in [0.15, 0.2) is 0 Å². The number of rotatable bonds is 8. The summed E-state index contributed by atoms with van der Waals surface area (Å²) in [6, 6.07) is 16.0. The lowest BCUT2D eigenvalue weighted by Crippen LogP contribution is -2.48. The van der Waals surface area contributed by atoms with Crippen molar-refractivity contribution in [3.05, 3.63) is 64.7 Å². The van der Waals surface area contributed by atoms with Crippen LogP contribution in [0.15, 0.2) is 48.5 Å². The van der Waals surface area contributed by atoms with Crippen LogP contribution in [-0.4, -0.2) is 62.3 Å². The standard InChI is InChI=1S/C26H34ClN3O2/c1-19-17-29(18-20(2)32-19)14-12-28-13-15-30-24-7-5-4-6-23(24)26(3,25(30)31)16-21-8-10-22(27)11-9-21/h4-11,19-20,28H,12-18H2,1-3H3. The van der Waals surface area contributed by atoms with Gasteiger partial charge < -0.3 is 15.0 Å². The maximum atomic E-state index is 13.6. The van der Waals surface area contributed by atoms with Gasteiger partial charge in [-0.25, -0.2) is 0 Å². The first-order valence-corrected chi connectivity index (χ1v) is 12.0. The van der Waals surface area contributed by atoms with Gasteiger partial charge in [0.05, 0.1) is 17.6 Å². The molecule has 3 unspecified atom stereocenters. The van der Waals surface area contributed by atoms with Crippen LogP contribution in [0.3, 0.4) is 0 Å². The van der Waals surface area contributed by atoms with Crippen molar-refractivity contribution in [2.45, 2.75) is 44.8 Å². The minimum absolute atomic E-state index is 0.172. The Labute approximate surface area is 196 Å². The second kappa shape index (κ2) is 9.92. The van der Waals surface area contributed by atoms with Crippen LogP contribution in [0, 0.1) is 0 Å². The third-order valence-corrected chi connectivity index (χ3v) is 6.84. The Morgan fingerprint density at radius 3 is 2.41 bits per heavy atom. The van der Waals surface area contributed by atoms with Crippen molar-refractivity contribution in [1.82, 2.24) is 10.2 Å². The van der Waals surface area contributed by atoms with Crippen molar-refractivity contribution in [2.24, 2.45) is 0 Å². The Kier molecular flexibility index (Phi) is 7.21. The van der Waals surface area contributed by atoms with Gasteiger partial charge in [-0.05, 0) is 56.5 Å². The topological polar surface area (TPSA) is 44.8 Å². The summed E-state index contributed by atoms with van der Waals surface area (Å²) >= 11 is 6.05. The van der Waals surface area contributed by atoms with Gasteiger partial charge in [0.1, 0.15) is 0 Å². The number of ether oxygens (including phenoxy) is 1. The molecule has 0 saturated carbocycles. The molecule has 1 fully saturated rings. The summed E-state index contributed by atoms with van der Waals surface area (Å²) in [5, 5.41) is 4.25. The summed E-state index contributed by atoms with van der Waals surface area (Å²) < 4.78 is 5.81. The van der Waals surface area contributed by atoms with E-state index in [-0.39, 0.29) is 18.1 Å². The zero-order valence-electron chi connectivity index (χ0n) is 19.3. The zero-order chi connectivity index (χ0) is 22.7. The highest BCUT2D eigenvalue weighted by Crippen LogP contribution is 2.43. The molecule has 3 atom stereocenters. The van der Waals surface area contributed by atoms with E-state index in [1.807, 2.05) is 41.3 Å². The fraction of sp³-hybridized carbons (Fsp3) is 0.500. The Morgan fingerprint density at radius 2 is 1.69 bits per heavy atom. The summed E-state index contributed by atoms with van der Waals surface area (Å²) in [5.74, 6) is 0.172. The molecule has 6 heteroatoms. The van der Waals surface area contributed by atoms with Gasteiger partial charge in [-0.3, -0.25) is 9.69 Å². The number of fused-ring (bicyclic) bond motifs is 1. The highest BCUT2D eigenvalue weighted by atomic mass is 35.5. The van der Waals surface area contributed by atoms with Crippen molar-refractivity contribution >= 4 is 23.2 Å². The Hall–Kier alpha value is -1.92. The predicted molar refractivity (Wildman–Crippen MR) is 131 cm³/mol. The van der Waals surface area contributed by atoms with Gasteiger partial charge in [0.2, 0.25) is 5.91 Å². The maximum Gasteiger partial charge on any atom is 0.237 e. The van der Waals surface area contributed by atoms with E-state index in [0.717, 1.165) is 49.5 Å². The summed E-state index contributed by atoms with van der Waals surface area (Å²) in [4.78, 5) is 18.0. The van der Waals surface area contributed by atoms with Crippen LogP contribution in [0.5, 0.6) is 0 Å². The zero-order valence-corrected chi connectivity index (χ0v) is 20.1. The maximum absolute atomic E-state index is 13.6. The van der Waals surface area contributed by atoms with Crippen LogP contribution in [0.1, 0.15) is 31.9 Å². The molecule has 0 radical (unpaired) electrons. The summed E-state index contributed by atoms with van der Waals surface area (Å²) in [6.45, 7) is 11.6. The lowest BCUT2D eigenvalue weighted by atomic mass is 9.78. The number of carbonyl (C=O) groups is 1. The lowest BCUT2D eigenvalue weighted by molar-refractivity contribution is -0.122. The second-order valence-electron chi connectivity index (χ2n) is 9.38. The number of hydrogen-bond donors (Lipinski definition) is 1. The number of hydrogen-bond acceptors (Lipinski definition) is 4. The fourth-order valence-corrected chi connectivity index (χ4v) is 5.25. The highest BCUT2D eigenvalue weighted by Gasteiger charge is 2.46. The average molecular weight is 456 g/mol. The largest absolute Gasteiger partial charge is 0.373 e. The van der Waals surface area contributed by atoms with Crippen LogP contribution in [0.4, 0.5) is 5.69 Å². The van der Waals surface area contributed by atoms with Crippen molar-refractivity contribution < 1.29 is 9.53 Å². The first-order valence-electron chi connectivity index (χ1n) is 11.6. The molecular formula is C26H34ClN3O2. The quantitative estimate of drug-likeness (QED) is 0.613. The molecule has 2 aromatic rings. The first-order chi connectivity index (χ1) is 15.4. The molecule has 0 bridgehead atoms. The second-order valence-corrected chi connectivity index (χ2v) is 9.81. The average Bonchev–Trinajstić information content (AvgIpc) is 2.96. The fourth-order valence-electron chi connectivity index (χ4n) is 5.12. The van der Waals surface area contributed by atoms with Crippen LogP contribution >= 0.6 is 11.6 Å².